The van der Waals surface area contributed by atoms with E-state index in [1.54, 1.807) is 0 Å². The number of carboxylic acid groups (broad SMARTS) is 1. The Kier molecular flexibility index (Phi) is 3.41. The lowest BCUT2D eigenvalue weighted by atomic mass is 10.1. The number of anilines is 1. The fourth-order valence-corrected chi connectivity index (χ4v) is 2.05. The van der Waals surface area contributed by atoms with Crippen molar-refractivity contribution in [3.8, 4) is 0 Å². The summed E-state index contributed by atoms with van der Waals surface area (Å²) in [5.41, 5.74) is -2.03. The van der Waals surface area contributed by atoms with Crippen molar-refractivity contribution in [2.75, 3.05) is 11.4 Å². The van der Waals surface area contributed by atoms with Gasteiger partial charge in [-0.3, -0.25) is 9.59 Å². The maximum atomic E-state index is 13.9. The zero-order chi connectivity index (χ0) is 15.1. The minimum Gasteiger partial charge on any atom is -0.481 e. The molecule has 1 amide bonds. The van der Waals surface area contributed by atoms with Gasteiger partial charge in [-0.25, -0.2) is 4.39 Å². The number of carbonyl (C=O) groups excluding carboxylic acids is 1. The lowest BCUT2D eigenvalue weighted by Gasteiger charge is -2.19. The Morgan fingerprint density at radius 3 is 2.50 bits per heavy atom. The number of amides is 1. The number of halogens is 4. The average Bonchev–Trinajstić information content (AvgIpc) is 2.70. The first-order valence-corrected chi connectivity index (χ1v) is 5.60. The summed E-state index contributed by atoms with van der Waals surface area (Å²) >= 11 is 0. The molecule has 2 rings (SSSR count). The molecule has 0 aliphatic carbocycles. The molecule has 1 heterocycles. The maximum absolute atomic E-state index is 13.9. The highest BCUT2D eigenvalue weighted by atomic mass is 19.4. The SMILES string of the molecule is O=C(O)C1CC(=O)N(c2cccc(C(F)(F)F)c2F)C1. The molecule has 0 spiro atoms. The molecule has 0 radical (unpaired) electrons. The predicted molar refractivity (Wildman–Crippen MR) is 59.5 cm³/mol. The summed E-state index contributed by atoms with van der Waals surface area (Å²) in [5.74, 6) is -4.57. The van der Waals surface area contributed by atoms with Gasteiger partial charge in [0, 0.05) is 13.0 Å². The van der Waals surface area contributed by atoms with Crippen molar-refractivity contribution in [2.24, 2.45) is 5.92 Å². The van der Waals surface area contributed by atoms with E-state index in [2.05, 4.69) is 0 Å². The van der Waals surface area contributed by atoms with Crippen molar-refractivity contribution in [1.29, 1.82) is 0 Å². The van der Waals surface area contributed by atoms with E-state index in [1.165, 1.54) is 0 Å². The van der Waals surface area contributed by atoms with Crippen LogP contribution < -0.4 is 4.90 Å². The lowest BCUT2D eigenvalue weighted by molar-refractivity contribution is -0.142. The van der Waals surface area contributed by atoms with Gasteiger partial charge < -0.3 is 10.0 Å². The van der Waals surface area contributed by atoms with E-state index in [0.29, 0.717) is 6.07 Å². The number of benzene rings is 1. The average molecular weight is 291 g/mol. The number of nitrogens with zero attached hydrogens (tertiary/aromatic N) is 1. The van der Waals surface area contributed by atoms with Crippen molar-refractivity contribution in [3.05, 3.63) is 29.6 Å². The first-order valence-electron chi connectivity index (χ1n) is 5.60. The first kappa shape index (κ1) is 14.3. The number of carboxylic acids is 1. The molecule has 1 aliphatic heterocycles. The van der Waals surface area contributed by atoms with Crippen LogP contribution in [0.25, 0.3) is 0 Å². The van der Waals surface area contributed by atoms with Gasteiger partial charge in [0.25, 0.3) is 0 Å². The van der Waals surface area contributed by atoms with E-state index in [-0.39, 0.29) is 13.0 Å². The molecule has 8 heteroatoms. The van der Waals surface area contributed by atoms with Crippen LogP contribution in [0.5, 0.6) is 0 Å². The highest BCUT2D eigenvalue weighted by molar-refractivity contribution is 5.99. The van der Waals surface area contributed by atoms with Gasteiger partial charge in [-0.2, -0.15) is 13.2 Å². The molecule has 4 nitrogen and oxygen atoms in total. The van der Waals surface area contributed by atoms with Crippen molar-refractivity contribution in [3.63, 3.8) is 0 Å². The number of rotatable bonds is 2. The molecule has 1 aromatic rings. The molecule has 1 saturated heterocycles. The molecule has 0 saturated carbocycles. The number of aliphatic carboxylic acids is 1. The van der Waals surface area contributed by atoms with Crippen molar-refractivity contribution in [2.45, 2.75) is 12.6 Å². The lowest BCUT2D eigenvalue weighted by Crippen LogP contribution is -2.27. The van der Waals surface area contributed by atoms with Crippen molar-refractivity contribution >= 4 is 17.6 Å². The fourth-order valence-electron chi connectivity index (χ4n) is 2.05. The number of alkyl halides is 3. The van der Waals surface area contributed by atoms with Crippen molar-refractivity contribution < 1.29 is 32.3 Å². The highest BCUT2D eigenvalue weighted by Crippen LogP contribution is 2.36. The van der Waals surface area contributed by atoms with Gasteiger partial charge in [-0.15, -0.1) is 0 Å². The molecule has 108 valence electrons. The van der Waals surface area contributed by atoms with Gasteiger partial charge in [-0.05, 0) is 12.1 Å². The van der Waals surface area contributed by atoms with Gasteiger partial charge in [0.2, 0.25) is 5.91 Å². The Labute approximate surface area is 110 Å². The molecule has 1 atom stereocenters. The number of carbonyl (C=O) groups is 2. The smallest absolute Gasteiger partial charge is 0.419 e. The van der Waals surface area contributed by atoms with Gasteiger partial charge in [0.05, 0.1) is 17.2 Å². The van der Waals surface area contributed by atoms with Gasteiger partial charge in [-0.1, -0.05) is 6.07 Å². The minimum atomic E-state index is -4.88. The molecule has 0 aromatic heterocycles. The van der Waals surface area contributed by atoms with Crippen LogP contribution in [0.2, 0.25) is 0 Å². The maximum Gasteiger partial charge on any atom is 0.419 e. The third-order valence-corrected chi connectivity index (χ3v) is 3.05. The zero-order valence-corrected chi connectivity index (χ0v) is 9.95. The van der Waals surface area contributed by atoms with Crippen LogP contribution in [0.4, 0.5) is 23.2 Å². The van der Waals surface area contributed by atoms with Crippen LogP contribution in [0, 0.1) is 11.7 Å². The summed E-state index contributed by atoms with van der Waals surface area (Å²) in [6, 6.07) is 2.56. The highest BCUT2D eigenvalue weighted by Gasteiger charge is 2.39. The molecular weight excluding hydrogens is 282 g/mol. The van der Waals surface area contributed by atoms with Crippen LogP contribution in [-0.2, 0) is 15.8 Å². The zero-order valence-electron chi connectivity index (χ0n) is 9.95. The predicted octanol–water partition coefficient (Wildman–Crippen LogP) is 2.28. The van der Waals surface area contributed by atoms with Gasteiger partial charge in [0.15, 0.2) is 5.82 Å². The summed E-state index contributed by atoms with van der Waals surface area (Å²) in [6.45, 7) is -0.341. The summed E-state index contributed by atoms with van der Waals surface area (Å²) in [4.78, 5) is 23.1. The molecular formula is C12H9F4NO3. The third kappa shape index (κ3) is 2.45. The topological polar surface area (TPSA) is 57.6 Å². The van der Waals surface area contributed by atoms with Crippen LogP contribution in [-0.4, -0.2) is 23.5 Å². The van der Waals surface area contributed by atoms with Crippen LogP contribution in [0.15, 0.2) is 18.2 Å². The standard InChI is InChI=1S/C12H9F4NO3/c13-10-7(12(14,15)16)2-1-3-8(10)17-5-6(11(19)20)4-9(17)18/h1-3,6H,4-5H2,(H,19,20). The summed E-state index contributed by atoms with van der Waals surface area (Å²) < 4.78 is 51.6. The second-order valence-electron chi connectivity index (χ2n) is 4.38. The Hall–Kier alpha value is -2.12. The molecule has 1 N–H and O–H groups in total. The second kappa shape index (κ2) is 4.77. The Bertz CT molecular complexity index is 570. The quantitative estimate of drug-likeness (QED) is 0.850. The van der Waals surface area contributed by atoms with Crippen LogP contribution in [0.1, 0.15) is 12.0 Å². The normalized spacial score (nSPS) is 19.5. The van der Waals surface area contributed by atoms with E-state index < -0.39 is 41.0 Å². The fraction of sp³-hybridized carbons (Fsp3) is 0.333. The molecule has 1 aromatic carbocycles. The van der Waals surface area contributed by atoms with E-state index in [1.807, 2.05) is 0 Å². The Morgan fingerprint density at radius 2 is 2.00 bits per heavy atom. The van der Waals surface area contributed by atoms with Crippen molar-refractivity contribution in [1.82, 2.24) is 0 Å². The van der Waals surface area contributed by atoms with E-state index >= 15 is 0 Å². The van der Waals surface area contributed by atoms with Gasteiger partial charge >= 0.3 is 12.1 Å². The Morgan fingerprint density at radius 1 is 1.35 bits per heavy atom. The summed E-state index contributed by atoms with van der Waals surface area (Å²) in [6.07, 6.45) is -5.24. The Balaban J connectivity index is 2.40. The second-order valence-corrected chi connectivity index (χ2v) is 4.38. The molecule has 1 unspecified atom stereocenters. The van der Waals surface area contributed by atoms with Gasteiger partial charge in [0.1, 0.15) is 0 Å². The minimum absolute atomic E-state index is 0.341. The summed E-state index contributed by atoms with van der Waals surface area (Å²) in [5, 5.41) is 8.80. The van der Waals surface area contributed by atoms with E-state index in [9.17, 15) is 27.2 Å². The van der Waals surface area contributed by atoms with E-state index in [0.717, 1.165) is 17.0 Å². The number of hydrogen-bond acceptors (Lipinski definition) is 2. The number of hydrogen-bond donors (Lipinski definition) is 1. The first-order chi connectivity index (χ1) is 9.21. The summed E-state index contributed by atoms with van der Waals surface area (Å²) in [7, 11) is 0. The third-order valence-electron chi connectivity index (χ3n) is 3.05. The molecule has 0 bridgehead atoms. The van der Waals surface area contributed by atoms with Crippen LogP contribution >= 0.6 is 0 Å². The monoisotopic (exact) mass is 291 g/mol. The van der Waals surface area contributed by atoms with Crippen LogP contribution in [0.3, 0.4) is 0 Å². The molecule has 20 heavy (non-hydrogen) atoms. The molecule has 1 aliphatic rings. The van der Waals surface area contributed by atoms with E-state index in [4.69, 9.17) is 5.11 Å². The largest absolute Gasteiger partial charge is 0.481 e. The molecule has 1 fully saturated rings.